The Kier molecular flexibility index (Phi) is 8.46. The number of nitrogens with one attached hydrogen (secondary N) is 4. The third kappa shape index (κ3) is 6.95. The van der Waals surface area contributed by atoms with Gasteiger partial charge in [0, 0.05) is 43.5 Å². The van der Waals surface area contributed by atoms with Gasteiger partial charge in [-0.15, -0.1) is 10.2 Å². The molecule has 4 N–H and O–H groups in total. The van der Waals surface area contributed by atoms with Crippen molar-refractivity contribution in [3.8, 4) is 5.75 Å². The maximum absolute atomic E-state index is 13.3. The molecule has 12 heteroatoms. The van der Waals surface area contributed by atoms with E-state index in [9.17, 15) is 4.79 Å². The number of allylic oxidation sites excluding steroid dienone is 1. The van der Waals surface area contributed by atoms with Gasteiger partial charge in [-0.1, -0.05) is 45.0 Å². The molecular formula is C33H42N10O2. The molecule has 4 heterocycles. The summed E-state index contributed by atoms with van der Waals surface area (Å²) in [7, 11) is 1.82. The van der Waals surface area contributed by atoms with Gasteiger partial charge in [0.2, 0.25) is 5.95 Å². The minimum absolute atomic E-state index is 0.162. The minimum Gasteiger partial charge on any atom is -0.484 e. The van der Waals surface area contributed by atoms with Crippen molar-refractivity contribution < 1.29 is 9.53 Å². The lowest BCUT2D eigenvalue weighted by molar-refractivity contribution is 0.171. The Morgan fingerprint density at radius 2 is 1.80 bits per heavy atom. The van der Waals surface area contributed by atoms with Crippen LogP contribution < -0.4 is 25.6 Å². The lowest BCUT2D eigenvalue weighted by Crippen LogP contribution is -2.41. The van der Waals surface area contributed by atoms with E-state index in [1.165, 1.54) is 6.42 Å². The van der Waals surface area contributed by atoms with E-state index in [1.54, 1.807) is 23.2 Å². The fourth-order valence-electron chi connectivity index (χ4n) is 5.85. The Labute approximate surface area is 263 Å². The van der Waals surface area contributed by atoms with Crippen molar-refractivity contribution in [2.24, 2.45) is 12.5 Å². The second-order valence-corrected chi connectivity index (χ2v) is 12.9. The van der Waals surface area contributed by atoms with Gasteiger partial charge in [-0.25, -0.2) is 4.79 Å². The lowest BCUT2D eigenvalue weighted by Gasteiger charge is -2.32. The topological polar surface area (TPSA) is 137 Å². The number of hydrogen-bond acceptors (Lipinski definition) is 8. The Bertz CT molecular complexity index is 1710. The highest BCUT2D eigenvalue weighted by atomic mass is 16.5. The second kappa shape index (κ2) is 12.6. The second-order valence-electron chi connectivity index (χ2n) is 12.9. The van der Waals surface area contributed by atoms with Crippen LogP contribution in [-0.2, 0) is 7.05 Å². The molecule has 0 unspecified atom stereocenters. The number of aryl methyl sites for hydroxylation is 1. The molecule has 45 heavy (non-hydrogen) atoms. The van der Waals surface area contributed by atoms with Gasteiger partial charge >= 0.3 is 6.03 Å². The first-order valence-corrected chi connectivity index (χ1v) is 15.6. The number of urea groups is 1. The molecule has 2 amide bonds. The largest absolute Gasteiger partial charge is 0.484 e. The van der Waals surface area contributed by atoms with Crippen LogP contribution in [0.1, 0.15) is 76.1 Å². The molecule has 0 spiro atoms. The minimum atomic E-state index is -0.384. The summed E-state index contributed by atoms with van der Waals surface area (Å²) < 4.78 is 10.3. The SMILES string of the molecule is Cn1cc(N/C(=C\C(=N)C(C)(C)C)NC(=O)N[C@H]2CC[C@@H](Oc3ccc4nnc(N5CCCCC5)n4c3)c3ccccc32)cn1. The molecule has 4 aromatic rings. The van der Waals surface area contributed by atoms with Crippen LogP contribution in [0.2, 0.25) is 0 Å². The van der Waals surface area contributed by atoms with Crippen LogP contribution in [0.3, 0.4) is 0 Å². The van der Waals surface area contributed by atoms with Crippen molar-refractivity contribution in [3.63, 3.8) is 0 Å². The zero-order chi connectivity index (χ0) is 31.6. The molecule has 1 aliphatic carbocycles. The predicted octanol–water partition coefficient (Wildman–Crippen LogP) is 5.73. The highest BCUT2D eigenvalue weighted by Crippen LogP contribution is 2.39. The summed E-state index contributed by atoms with van der Waals surface area (Å²) in [6, 6.07) is 11.4. The number of carbonyl (C=O) groups is 1. The van der Waals surface area contributed by atoms with Crippen molar-refractivity contribution in [2.75, 3.05) is 23.3 Å². The number of amides is 2. The van der Waals surface area contributed by atoms with Gasteiger partial charge in [0.15, 0.2) is 5.65 Å². The van der Waals surface area contributed by atoms with Crippen molar-refractivity contribution in [1.29, 1.82) is 5.41 Å². The summed E-state index contributed by atoms with van der Waals surface area (Å²) in [5.41, 5.74) is 3.58. The summed E-state index contributed by atoms with van der Waals surface area (Å²) in [6.45, 7) is 7.86. The number of ether oxygens (including phenoxy) is 1. The molecule has 0 saturated carbocycles. The van der Waals surface area contributed by atoms with E-state index in [-0.39, 0.29) is 23.6 Å². The van der Waals surface area contributed by atoms with E-state index in [1.807, 2.05) is 68.7 Å². The van der Waals surface area contributed by atoms with Crippen LogP contribution in [0.15, 0.2) is 66.9 Å². The van der Waals surface area contributed by atoms with E-state index in [0.717, 1.165) is 60.8 Å². The standard InChI is InChI=1S/C33H42N10O2/c1-33(2,3)28(34)18-29(36-22-19-35-41(4)20-22)38-31(44)37-26-13-14-27(25-11-7-6-10-24(25)26)45-23-12-15-30-39-40-32(43(30)21-23)42-16-8-5-9-17-42/h6-7,10-12,15,18-21,26-27,34,36H,5,8-9,13-14,16-17H2,1-4H3,(H2,37,38,44)/b29-18+,34-28?/t26-,27+/m0/s1. The third-order valence-corrected chi connectivity index (χ3v) is 8.34. The Balaban J connectivity index is 1.17. The number of hydrogen-bond donors (Lipinski definition) is 4. The first-order valence-electron chi connectivity index (χ1n) is 15.6. The third-order valence-electron chi connectivity index (χ3n) is 8.34. The molecule has 1 saturated heterocycles. The number of pyridine rings is 1. The quantitative estimate of drug-likeness (QED) is 0.187. The molecule has 1 aromatic carbocycles. The molecule has 12 nitrogen and oxygen atoms in total. The summed E-state index contributed by atoms with van der Waals surface area (Å²) in [6.07, 6.45) is 12.0. The Hall–Kier alpha value is -4.87. The average molecular weight is 611 g/mol. The van der Waals surface area contributed by atoms with Gasteiger partial charge in [0.25, 0.3) is 0 Å². The van der Waals surface area contributed by atoms with Crippen LogP contribution in [-0.4, -0.2) is 49.2 Å². The zero-order valence-electron chi connectivity index (χ0n) is 26.4. The van der Waals surface area contributed by atoms with Crippen molar-refractivity contribution in [3.05, 3.63) is 78.0 Å². The maximum atomic E-state index is 13.3. The number of fused-ring (bicyclic) bond motifs is 2. The summed E-state index contributed by atoms with van der Waals surface area (Å²) in [4.78, 5) is 15.6. The van der Waals surface area contributed by atoms with E-state index in [4.69, 9.17) is 10.1 Å². The van der Waals surface area contributed by atoms with Crippen LogP contribution >= 0.6 is 0 Å². The molecule has 2 aliphatic rings. The van der Waals surface area contributed by atoms with Crippen LogP contribution in [0.4, 0.5) is 16.4 Å². The fraction of sp³-hybridized carbons (Fsp3) is 0.424. The number of benzene rings is 1. The Morgan fingerprint density at radius 1 is 1.02 bits per heavy atom. The van der Waals surface area contributed by atoms with E-state index < -0.39 is 0 Å². The first-order chi connectivity index (χ1) is 21.6. The van der Waals surface area contributed by atoms with Gasteiger partial charge < -0.3 is 25.7 Å². The normalized spacial score (nSPS) is 18.8. The maximum Gasteiger partial charge on any atom is 0.320 e. The van der Waals surface area contributed by atoms with Gasteiger partial charge in [0.1, 0.15) is 17.7 Å². The molecule has 0 radical (unpaired) electrons. The van der Waals surface area contributed by atoms with Gasteiger partial charge in [-0.2, -0.15) is 5.10 Å². The van der Waals surface area contributed by atoms with Crippen molar-refractivity contribution in [2.45, 2.75) is 65.0 Å². The number of aromatic nitrogens is 5. The number of carbonyl (C=O) groups excluding carboxylic acids is 1. The van der Waals surface area contributed by atoms with E-state index in [2.05, 4.69) is 42.2 Å². The number of anilines is 2. The predicted molar refractivity (Wildman–Crippen MR) is 175 cm³/mol. The average Bonchev–Trinajstić information content (AvgIpc) is 3.63. The highest BCUT2D eigenvalue weighted by molar-refractivity contribution is 5.97. The van der Waals surface area contributed by atoms with Crippen LogP contribution in [0, 0.1) is 10.8 Å². The molecule has 3 aromatic heterocycles. The monoisotopic (exact) mass is 610 g/mol. The molecule has 1 fully saturated rings. The number of rotatable bonds is 8. The van der Waals surface area contributed by atoms with Gasteiger partial charge in [0.05, 0.1) is 24.1 Å². The zero-order valence-corrected chi connectivity index (χ0v) is 26.4. The molecular weight excluding hydrogens is 568 g/mol. The molecule has 6 rings (SSSR count). The molecule has 236 valence electrons. The van der Waals surface area contributed by atoms with Crippen molar-refractivity contribution in [1.82, 2.24) is 35.0 Å². The number of nitrogens with zero attached hydrogens (tertiary/aromatic N) is 6. The molecule has 1 aliphatic heterocycles. The van der Waals surface area contributed by atoms with Gasteiger partial charge in [-0.05, 0) is 55.4 Å². The molecule has 0 bridgehead atoms. The van der Waals surface area contributed by atoms with Crippen molar-refractivity contribution >= 4 is 29.0 Å². The molecule has 2 atom stereocenters. The lowest BCUT2D eigenvalue weighted by atomic mass is 9.85. The fourth-order valence-corrected chi connectivity index (χ4v) is 5.85. The van der Waals surface area contributed by atoms with Crippen LogP contribution in [0.5, 0.6) is 5.75 Å². The first kappa shape index (κ1) is 30.2. The Morgan fingerprint density at radius 3 is 2.53 bits per heavy atom. The summed E-state index contributed by atoms with van der Waals surface area (Å²) >= 11 is 0. The summed E-state index contributed by atoms with van der Waals surface area (Å²) in [5, 5.41) is 30.8. The van der Waals surface area contributed by atoms with Gasteiger partial charge in [-0.3, -0.25) is 14.4 Å². The van der Waals surface area contributed by atoms with Crippen LogP contribution in [0.25, 0.3) is 5.65 Å². The van der Waals surface area contributed by atoms with E-state index >= 15 is 0 Å². The summed E-state index contributed by atoms with van der Waals surface area (Å²) in [5.74, 6) is 2.01. The van der Waals surface area contributed by atoms with E-state index in [0.29, 0.717) is 23.6 Å². The smallest absolute Gasteiger partial charge is 0.320 e. The highest BCUT2D eigenvalue weighted by Gasteiger charge is 2.30. The number of piperidine rings is 1.